The first-order valence-electron chi connectivity index (χ1n) is 5.29. The minimum Gasteiger partial charge on any atom is -0.496 e. The number of carbonyl (C=O) groups excluding carboxylic acids is 1. The first-order chi connectivity index (χ1) is 8.77. The highest BCUT2D eigenvalue weighted by Gasteiger charge is 2.17. The average molecular weight is 244 g/mol. The van der Waals surface area contributed by atoms with E-state index in [1.54, 1.807) is 13.3 Å². The number of carbonyl (C=O) groups is 1. The smallest absolute Gasteiger partial charge is 0.357 e. The van der Waals surface area contributed by atoms with E-state index in [1.165, 1.54) is 13.4 Å². The van der Waals surface area contributed by atoms with E-state index in [2.05, 4.69) is 9.97 Å². The molecule has 0 fully saturated rings. The van der Waals surface area contributed by atoms with Crippen molar-refractivity contribution >= 4 is 5.97 Å². The van der Waals surface area contributed by atoms with Crippen molar-refractivity contribution in [1.29, 1.82) is 0 Å². The maximum Gasteiger partial charge on any atom is 0.357 e. The molecule has 0 unspecified atom stereocenters. The summed E-state index contributed by atoms with van der Waals surface area (Å²) in [7, 11) is 2.89. The first-order valence-corrected chi connectivity index (χ1v) is 5.29. The predicted octanol–water partition coefficient (Wildman–Crippen LogP) is 1.94. The molecule has 0 aliphatic carbocycles. The lowest BCUT2D eigenvalue weighted by Gasteiger charge is -2.10. The largest absolute Gasteiger partial charge is 0.496 e. The van der Waals surface area contributed by atoms with Gasteiger partial charge in [0.2, 0.25) is 0 Å². The van der Waals surface area contributed by atoms with E-state index in [1.807, 2.05) is 24.3 Å². The van der Waals surface area contributed by atoms with Gasteiger partial charge in [0, 0.05) is 17.3 Å². The fourth-order valence-electron chi connectivity index (χ4n) is 1.65. The normalized spacial score (nSPS) is 9.89. The van der Waals surface area contributed by atoms with Crippen LogP contribution < -0.4 is 4.74 Å². The number of methoxy groups -OCH3 is 2. The second kappa shape index (κ2) is 5.27. The molecule has 1 heterocycles. The average Bonchev–Trinajstić information content (AvgIpc) is 2.46. The van der Waals surface area contributed by atoms with Gasteiger partial charge in [0.05, 0.1) is 14.2 Å². The summed E-state index contributed by atoms with van der Waals surface area (Å²) in [6.07, 6.45) is 2.88. The number of aromatic nitrogens is 2. The Hall–Kier alpha value is -2.43. The molecule has 0 aliphatic rings. The van der Waals surface area contributed by atoms with Crippen molar-refractivity contribution in [3.63, 3.8) is 0 Å². The zero-order chi connectivity index (χ0) is 13.0. The Kier molecular flexibility index (Phi) is 3.52. The van der Waals surface area contributed by atoms with E-state index in [0.29, 0.717) is 11.3 Å². The lowest BCUT2D eigenvalue weighted by atomic mass is 10.0. The molecule has 0 aliphatic heterocycles. The van der Waals surface area contributed by atoms with E-state index in [-0.39, 0.29) is 5.69 Å². The number of ether oxygens (including phenoxy) is 2. The molecular weight excluding hydrogens is 232 g/mol. The molecule has 0 saturated carbocycles. The minimum absolute atomic E-state index is 0.219. The Balaban J connectivity index is 2.60. The molecule has 1 aromatic carbocycles. The third kappa shape index (κ3) is 2.15. The second-order valence-corrected chi connectivity index (χ2v) is 3.48. The molecule has 0 amide bonds. The minimum atomic E-state index is -0.502. The molecule has 0 saturated heterocycles. The van der Waals surface area contributed by atoms with Crippen LogP contribution in [0.1, 0.15) is 10.5 Å². The van der Waals surface area contributed by atoms with Crippen molar-refractivity contribution in [1.82, 2.24) is 9.97 Å². The van der Waals surface area contributed by atoms with E-state index in [0.717, 1.165) is 5.56 Å². The van der Waals surface area contributed by atoms with Gasteiger partial charge in [-0.2, -0.15) is 0 Å². The molecule has 2 rings (SSSR count). The quantitative estimate of drug-likeness (QED) is 0.772. The predicted molar refractivity (Wildman–Crippen MR) is 65.4 cm³/mol. The van der Waals surface area contributed by atoms with Crippen molar-refractivity contribution < 1.29 is 14.3 Å². The van der Waals surface area contributed by atoms with Crippen LogP contribution in [0.25, 0.3) is 11.1 Å². The molecule has 1 aromatic heterocycles. The van der Waals surface area contributed by atoms with Gasteiger partial charge in [0.15, 0.2) is 5.69 Å². The van der Waals surface area contributed by atoms with Crippen LogP contribution in [0.3, 0.4) is 0 Å². The zero-order valence-corrected chi connectivity index (χ0v) is 10.1. The van der Waals surface area contributed by atoms with E-state index < -0.39 is 5.97 Å². The highest BCUT2D eigenvalue weighted by molar-refractivity contribution is 5.95. The SMILES string of the molecule is COC(=O)c1ncncc1-c1ccccc1OC. The molecule has 18 heavy (non-hydrogen) atoms. The van der Waals surface area contributed by atoms with Gasteiger partial charge in [-0.25, -0.2) is 14.8 Å². The molecule has 0 N–H and O–H groups in total. The molecule has 0 radical (unpaired) electrons. The molecule has 0 spiro atoms. The van der Waals surface area contributed by atoms with Gasteiger partial charge < -0.3 is 9.47 Å². The fraction of sp³-hybridized carbons (Fsp3) is 0.154. The third-order valence-electron chi connectivity index (χ3n) is 2.49. The van der Waals surface area contributed by atoms with Crippen molar-refractivity contribution in [2.45, 2.75) is 0 Å². The Morgan fingerprint density at radius 2 is 1.94 bits per heavy atom. The van der Waals surface area contributed by atoms with Gasteiger partial charge in [-0.1, -0.05) is 18.2 Å². The van der Waals surface area contributed by atoms with Crippen molar-refractivity contribution in [3.8, 4) is 16.9 Å². The van der Waals surface area contributed by atoms with Crippen LogP contribution in [0.5, 0.6) is 5.75 Å². The number of benzene rings is 1. The van der Waals surface area contributed by atoms with Gasteiger partial charge in [0.1, 0.15) is 12.1 Å². The summed E-state index contributed by atoms with van der Waals surface area (Å²) in [5, 5.41) is 0. The van der Waals surface area contributed by atoms with Gasteiger partial charge >= 0.3 is 5.97 Å². The zero-order valence-electron chi connectivity index (χ0n) is 10.1. The molecule has 92 valence electrons. The van der Waals surface area contributed by atoms with Crippen LogP contribution in [0.4, 0.5) is 0 Å². The maximum atomic E-state index is 11.7. The summed E-state index contributed by atoms with van der Waals surface area (Å²) >= 11 is 0. The van der Waals surface area contributed by atoms with Crippen LogP contribution >= 0.6 is 0 Å². The fourth-order valence-corrected chi connectivity index (χ4v) is 1.65. The number of rotatable bonds is 3. The number of hydrogen-bond acceptors (Lipinski definition) is 5. The van der Waals surface area contributed by atoms with Crippen LogP contribution in [0.15, 0.2) is 36.8 Å². The Bertz CT molecular complexity index is 570. The first kappa shape index (κ1) is 12.0. The van der Waals surface area contributed by atoms with E-state index in [4.69, 9.17) is 9.47 Å². The lowest BCUT2D eigenvalue weighted by Crippen LogP contribution is -2.07. The van der Waals surface area contributed by atoms with Crippen LogP contribution in [0.2, 0.25) is 0 Å². The van der Waals surface area contributed by atoms with Crippen LogP contribution in [-0.4, -0.2) is 30.2 Å². The molecule has 2 aromatic rings. The Labute approximate surface area is 104 Å². The van der Waals surface area contributed by atoms with Crippen LogP contribution in [0, 0.1) is 0 Å². The maximum absolute atomic E-state index is 11.7. The summed E-state index contributed by atoms with van der Waals surface area (Å²) in [6, 6.07) is 7.35. The Morgan fingerprint density at radius 3 is 2.67 bits per heavy atom. The number of para-hydroxylation sites is 1. The summed E-state index contributed by atoms with van der Waals surface area (Å²) in [6.45, 7) is 0. The van der Waals surface area contributed by atoms with Crippen LogP contribution in [-0.2, 0) is 4.74 Å². The molecule has 0 bridgehead atoms. The summed E-state index contributed by atoms with van der Waals surface area (Å²) in [5.41, 5.74) is 1.56. The topological polar surface area (TPSA) is 61.3 Å². The molecular formula is C13H12N2O3. The van der Waals surface area contributed by atoms with E-state index in [9.17, 15) is 4.79 Å². The Morgan fingerprint density at radius 1 is 1.17 bits per heavy atom. The van der Waals surface area contributed by atoms with Crippen molar-refractivity contribution in [3.05, 3.63) is 42.5 Å². The second-order valence-electron chi connectivity index (χ2n) is 3.48. The molecule has 5 heteroatoms. The monoisotopic (exact) mass is 244 g/mol. The van der Waals surface area contributed by atoms with Gasteiger partial charge in [0.25, 0.3) is 0 Å². The van der Waals surface area contributed by atoms with Gasteiger partial charge in [-0.3, -0.25) is 0 Å². The van der Waals surface area contributed by atoms with Crippen molar-refractivity contribution in [2.75, 3.05) is 14.2 Å². The molecule has 0 atom stereocenters. The van der Waals surface area contributed by atoms with Gasteiger partial charge in [-0.15, -0.1) is 0 Å². The number of hydrogen-bond donors (Lipinski definition) is 0. The molecule has 5 nitrogen and oxygen atoms in total. The number of nitrogens with zero attached hydrogens (tertiary/aromatic N) is 2. The highest BCUT2D eigenvalue weighted by atomic mass is 16.5. The number of esters is 1. The van der Waals surface area contributed by atoms with Crippen molar-refractivity contribution in [2.24, 2.45) is 0 Å². The van der Waals surface area contributed by atoms with E-state index >= 15 is 0 Å². The van der Waals surface area contributed by atoms with Gasteiger partial charge in [-0.05, 0) is 6.07 Å². The summed E-state index contributed by atoms with van der Waals surface area (Å²) < 4.78 is 9.96. The highest BCUT2D eigenvalue weighted by Crippen LogP contribution is 2.30. The lowest BCUT2D eigenvalue weighted by molar-refractivity contribution is 0.0595. The summed E-state index contributed by atoms with van der Waals surface area (Å²) in [4.78, 5) is 19.6. The third-order valence-corrected chi connectivity index (χ3v) is 2.49. The summed E-state index contributed by atoms with van der Waals surface area (Å²) in [5.74, 6) is 0.149. The standard InChI is InChI=1S/C13H12N2O3/c1-17-11-6-4-3-5-9(11)10-7-14-8-15-12(10)13(16)18-2/h3-8H,1-2H3.